The van der Waals surface area contributed by atoms with Crippen molar-refractivity contribution in [2.75, 3.05) is 35.0 Å². The Hall–Kier alpha value is -2.51. The van der Waals surface area contributed by atoms with Gasteiger partial charge in [-0.15, -0.1) is 0 Å². The minimum atomic E-state index is -4.09. The predicted molar refractivity (Wildman–Crippen MR) is 170 cm³/mol. The largest absolute Gasteiger partial charge is 0.493 e. The van der Waals surface area contributed by atoms with Gasteiger partial charge in [0, 0.05) is 0 Å². The summed E-state index contributed by atoms with van der Waals surface area (Å²) in [6, 6.07) is 6.34. The minimum absolute atomic E-state index is 0.0718. The molecule has 0 heterocycles. The Morgan fingerprint density at radius 2 is 1.21 bits per heavy atom. The number of sulfone groups is 1. The first-order chi connectivity index (χ1) is 20.0. The number of hydrogen-bond acceptors (Lipinski definition) is 10. The number of aliphatic hydroxyl groups excluding tert-OH is 2. The van der Waals surface area contributed by atoms with Crippen LogP contribution >= 0.6 is 0 Å². The summed E-state index contributed by atoms with van der Waals surface area (Å²) < 4.78 is 61.0. The van der Waals surface area contributed by atoms with Gasteiger partial charge in [0.1, 0.15) is 15.4 Å². The molecule has 3 unspecified atom stereocenters. The Morgan fingerprint density at radius 3 is 1.58 bits per heavy atom. The first kappa shape index (κ1) is 36.7. The molecule has 244 valence electrons. The van der Waals surface area contributed by atoms with Crippen LogP contribution in [0.4, 0.5) is 0 Å². The van der Waals surface area contributed by atoms with Gasteiger partial charge in [0.2, 0.25) is 5.75 Å². The highest BCUT2D eigenvalue weighted by molar-refractivity contribution is 7.93. The molecule has 0 fully saturated rings. The van der Waals surface area contributed by atoms with Gasteiger partial charge >= 0.3 is 0 Å². The summed E-state index contributed by atoms with van der Waals surface area (Å²) in [5, 5.41) is 22.3. The summed E-state index contributed by atoms with van der Waals surface area (Å²) >= 11 is 0. The van der Waals surface area contributed by atoms with Crippen molar-refractivity contribution in [3.63, 3.8) is 0 Å². The number of rotatable bonds is 16. The number of ether oxygens (including phenoxy) is 5. The first-order valence-electron chi connectivity index (χ1n) is 14.3. The van der Waals surface area contributed by atoms with Gasteiger partial charge in [-0.25, -0.2) is 8.42 Å². The van der Waals surface area contributed by atoms with Crippen molar-refractivity contribution in [2.24, 2.45) is 5.41 Å². The molecule has 12 heteroatoms. The molecule has 2 aromatic carbocycles. The fraction of sp³-hybridized carbons (Fsp3) is 0.613. The topological polar surface area (TPSA) is 130 Å². The number of benzene rings is 2. The van der Waals surface area contributed by atoms with Crippen molar-refractivity contribution in [3.05, 3.63) is 35.4 Å². The van der Waals surface area contributed by atoms with E-state index in [1.54, 1.807) is 32.0 Å². The Labute approximate surface area is 260 Å². The second kappa shape index (κ2) is 15.0. The van der Waals surface area contributed by atoms with E-state index in [-0.39, 0.29) is 35.8 Å². The highest BCUT2D eigenvalue weighted by Crippen LogP contribution is 2.46. The van der Waals surface area contributed by atoms with E-state index in [9.17, 15) is 18.6 Å². The molecule has 0 radical (unpaired) electrons. The van der Waals surface area contributed by atoms with Crippen molar-refractivity contribution >= 4 is 20.3 Å². The SMILES string of the molecule is CCCOc1c(OC)cc(C(O)CCC(O)c2cc(OC)c(OC)c(OC)c2)cc1S(=O)(=O)C(C)(C)C(O[SiH3])C(C)(C)C. The van der Waals surface area contributed by atoms with E-state index in [1.165, 1.54) is 34.5 Å². The predicted octanol–water partition coefficient (Wildman–Crippen LogP) is 4.32. The molecule has 0 amide bonds. The Morgan fingerprint density at radius 1 is 0.767 bits per heavy atom. The number of methoxy groups -OCH3 is 4. The average molecular weight is 643 g/mol. The lowest BCUT2D eigenvalue weighted by Crippen LogP contribution is -2.51. The summed E-state index contributed by atoms with van der Waals surface area (Å²) in [6.07, 6.45) is -1.76. The molecular weight excluding hydrogens is 592 g/mol. The van der Waals surface area contributed by atoms with Crippen LogP contribution < -0.4 is 23.7 Å². The number of aliphatic hydroxyl groups is 2. The second-order valence-electron chi connectivity index (χ2n) is 12.1. The lowest BCUT2D eigenvalue weighted by molar-refractivity contribution is 0.0661. The highest BCUT2D eigenvalue weighted by atomic mass is 32.2. The van der Waals surface area contributed by atoms with Crippen LogP contribution in [0, 0.1) is 5.41 Å². The van der Waals surface area contributed by atoms with Crippen molar-refractivity contribution < 1.29 is 46.7 Å². The molecule has 3 atom stereocenters. The Balaban J connectivity index is 2.55. The third kappa shape index (κ3) is 7.96. The van der Waals surface area contributed by atoms with E-state index in [0.717, 1.165) is 0 Å². The van der Waals surface area contributed by atoms with E-state index < -0.39 is 38.3 Å². The van der Waals surface area contributed by atoms with Gasteiger partial charge < -0.3 is 38.3 Å². The lowest BCUT2D eigenvalue weighted by atomic mass is 9.82. The molecule has 2 N–H and O–H groups in total. The van der Waals surface area contributed by atoms with Crippen molar-refractivity contribution in [3.8, 4) is 28.7 Å². The molecule has 0 bridgehead atoms. The molecule has 0 aromatic heterocycles. The van der Waals surface area contributed by atoms with Crippen molar-refractivity contribution in [2.45, 2.75) is 88.8 Å². The van der Waals surface area contributed by atoms with Crippen LogP contribution in [0.2, 0.25) is 0 Å². The molecule has 0 saturated heterocycles. The molecule has 2 aromatic rings. The summed E-state index contributed by atoms with van der Waals surface area (Å²) in [5.74, 6) is 1.50. The van der Waals surface area contributed by atoms with Crippen LogP contribution in [0.1, 0.15) is 84.1 Å². The smallest absolute Gasteiger partial charge is 0.203 e. The molecule has 0 aliphatic carbocycles. The monoisotopic (exact) mass is 642 g/mol. The van der Waals surface area contributed by atoms with Gasteiger partial charge in [0.25, 0.3) is 0 Å². The van der Waals surface area contributed by atoms with Gasteiger partial charge in [-0.2, -0.15) is 0 Å². The maximum Gasteiger partial charge on any atom is 0.203 e. The molecule has 43 heavy (non-hydrogen) atoms. The lowest BCUT2D eigenvalue weighted by Gasteiger charge is -2.41. The highest BCUT2D eigenvalue weighted by Gasteiger charge is 2.49. The van der Waals surface area contributed by atoms with E-state index in [2.05, 4.69) is 0 Å². The third-order valence-electron chi connectivity index (χ3n) is 7.52. The minimum Gasteiger partial charge on any atom is -0.493 e. The summed E-state index contributed by atoms with van der Waals surface area (Å²) in [4.78, 5) is -0.0718. The average Bonchev–Trinajstić information content (AvgIpc) is 2.96. The second-order valence-corrected chi connectivity index (χ2v) is 15.0. The van der Waals surface area contributed by atoms with E-state index >= 15 is 0 Å². The maximum absolute atomic E-state index is 14.4. The fourth-order valence-electron chi connectivity index (χ4n) is 5.53. The van der Waals surface area contributed by atoms with E-state index in [1.807, 2.05) is 27.7 Å². The van der Waals surface area contributed by atoms with E-state index in [0.29, 0.717) is 45.3 Å². The van der Waals surface area contributed by atoms with Gasteiger partial charge in [-0.1, -0.05) is 27.7 Å². The normalized spacial score (nSPS) is 14.6. The van der Waals surface area contributed by atoms with Crippen LogP contribution in [0.15, 0.2) is 29.2 Å². The number of hydrogen-bond donors (Lipinski definition) is 2. The zero-order valence-electron chi connectivity index (χ0n) is 27.4. The standard InChI is InChI=1S/C31H50O10SSi/c1-11-14-40-28-25(38-9)17-20(18-26(28)42(34,35)31(5,6)29(41-43)30(2,3)4)22(33)13-12-21(32)19-15-23(36-7)27(39-10)24(16-19)37-8/h15-18,21-22,29,32-33H,11-14H2,1-10,43H3. The van der Waals surface area contributed by atoms with E-state index in [4.69, 9.17) is 28.1 Å². The van der Waals surface area contributed by atoms with Crippen LogP contribution in [0.3, 0.4) is 0 Å². The maximum atomic E-state index is 14.4. The van der Waals surface area contributed by atoms with Crippen LogP contribution in [-0.2, 0) is 14.3 Å². The van der Waals surface area contributed by atoms with Crippen molar-refractivity contribution in [1.82, 2.24) is 0 Å². The quantitative estimate of drug-likeness (QED) is 0.255. The van der Waals surface area contributed by atoms with Crippen LogP contribution in [-0.4, -0.2) is 75.0 Å². The van der Waals surface area contributed by atoms with Crippen LogP contribution in [0.25, 0.3) is 0 Å². The fourth-order valence-corrected chi connectivity index (χ4v) is 8.99. The first-order valence-corrected chi connectivity index (χ1v) is 16.6. The summed E-state index contributed by atoms with van der Waals surface area (Å²) in [5.41, 5.74) is 0.377. The molecular formula is C31H50O10SSi. The molecule has 0 saturated carbocycles. The van der Waals surface area contributed by atoms with Crippen LogP contribution in [0.5, 0.6) is 28.7 Å². The Bertz CT molecular complexity index is 1300. The van der Waals surface area contributed by atoms with Gasteiger partial charge in [-0.3, -0.25) is 0 Å². The summed E-state index contributed by atoms with van der Waals surface area (Å²) in [6.45, 7) is 11.4. The van der Waals surface area contributed by atoms with Gasteiger partial charge in [0.05, 0.1) is 58.1 Å². The van der Waals surface area contributed by atoms with Gasteiger partial charge in [-0.05, 0) is 73.9 Å². The molecule has 10 nitrogen and oxygen atoms in total. The molecule has 0 spiro atoms. The third-order valence-corrected chi connectivity index (χ3v) is 10.5. The van der Waals surface area contributed by atoms with Crippen molar-refractivity contribution in [1.29, 1.82) is 0 Å². The molecule has 0 aliphatic rings. The zero-order chi connectivity index (χ0) is 32.8. The van der Waals surface area contributed by atoms with Gasteiger partial charge in [0.15, 0.2) is 32.8 Å². The molecule has 2 rings (SSSR count). The Kier molecular flexibility index (Phi) is 12.8. The zero-order valence-corrected chi connectivity index (χ0v) is 30.3. The molecule has 0 aliphatic heterocycles. The summed E-state index contributed by atoms with van der Waals surface area (Å²) in [7, 11) is 2.17.